The summed E-state index contributed by atoms with van der Waals surface area (Å²) in [6.07, 6.45) is 1.45. The van der Waals surface area contributed by atoms with Crippen LogP contribution in [0.5, 0.6) is 0 Å². The van der Waals surface area contributed by atoms with Crippen molar-refractivity contribution >= 4 is 34.9 Å². The zero-order valence-corrected chi connectivity index (χ0v) is 13.1. The number of likely N-dealkylation sites (N-methyl/N-ethyl adjacent to an activating group) is 1. The number of piperazine rings is 1. The second-order valence-corrected chi connectivity index (χ2v) is 5.62. The van der Waals surface area contributed by atoms with E-state index >= 15 is 0 Å². The molecule has 1 aliphatic heterocycles. The van der Waals surface area contributed by atoms with E-state index in [0.29, 0.717) is 11.3 Å². The number of nitrogens with one attached hydrogen (secondary N) is 2. The van der Waals surface area contributed by atoms with Gasteiger partial charge in [0.05, 0.1) is 44.4 Å². The SMILES string of the molecule is C[NH+]1CCN(c2ccc(/C=N\NC(N)=S)cc2[N+](=O)[O-])CC1. The van der Waals surface area contributed by atoms with Gasteiger partial charge in [-0.3, -0.25) is 15.5 Å². The molecule has 118 valence electrons. The Labute approximate surface area is 133 Å². The van der Waals surface area contributed by atoms with E-state index in [1.807, 2.05) is 0 Å². The van der Waals surface area contributed by atoms with Crippen LogP contribution in [0.1, 0.15) is 5.56 Å². The van der Waals surface area contributed by atoms with E-state index in [9.17, 15) is 10.1 Å². The first-order chi connectivity index (χ1) is 10.5. The van der Waals surface area contributed by atoms with Crippen molar-refractivity contribution in [1.82, 2.24) is 5.43 Å². The Kier molecular flexibility index (Phi) is 5.23. The Bertz CT molecular complexity index is 598. The summed E-state index contributed by atoms with van der Waals surface area (Å²) in [7, 11) is 2.13. The smallest absolute Gasteiger partial charge is 0.293 e. The second-order valence-electron chi connectivity index (χ2n) is 5.18. The quantitative estimate of drug-likeness (QED) is 0.287. The van der Waals surface area contributed by atoms with Gasteiger partial charge < -0.3 is 15.5 Å². The van der Waals surface area contributed by atoms with Crippen LogP contribution in [0.15, 0.2) is 23.3 Å². The summed E-state index contributed by atoms with van der Waals surface area (Å²) in [6, 6.07) is 5.06. The molecule has 0 unspecified atom stereocenters. The Morgan fingerprint density at radius 3 is 2.82 bits per heavy atom. The zero-order chi connectivity index (χ0) is 16.1. The third-order valence-corrected chi connectivity index (χ3v) is 3.63. The molecular formula is C13H19N6O2S+. The third kappa shape index (κ3) is 4.12. The fourth-order valence-corrected chi connectivity index (χ4v) is 2.39. The van der Waals surface area contributed by atoms with Crippen molar-refractivity contribution in [2.75, 3.05) is 38.1 Å². The molecular weight excluding hydrogens is 304 g/mol. The van der Waals surface area contributed by atoms with E-state index in [2.05, 4.69) is 34.7 Å². The summed E-state index contributed by atoms with van der Waals surface area (Å²) in [5, 5.41) is 15.2. The molecule has 1 aromatic rings. The average molecular weight is 323 g/mol. The van der Waals surface area contributed by atoms with Gasteiger partial charge in [-0.15, -0.1) is 0 Å². The number of rotatable bonds is 4. The van der Waals surface area contributed by atoms with Gasteiger partial charge >= 0.3 is 0 Å². The summed E-state index contributed by atoms with van der Waals surface area (Å²) in [5.41, 5.74) is 9.02. The van der Waals surface area contributed by atoms with Gasteiger partial charge in [0.15, 0.2) is 5.11 Å². The number of nitrogens with two attached hydrogens (primary N) is 1. The van der Waals surface area contributed by atoms with Gasteiger partial charge in [0, 0.05) is 11.6 Å². The molecule has 0 bridgehead atoms. The number of hydrogen-bond acceptors (Lipinski definition) is 5. The van der Waals surface area contributed by atoms with E-state index in [-0.39, 0.29) is 15.7 Å². The normalized spacial score (nSPS) is 16.0. The minimum atomic E-state index is -0.362. The number of nitrogens with zero attached hydrogens (tertiary/aromatic N) is 3. The first kappa shape index (κ1) is 16.1. The predicted octanol–water partition coefficient (Wildman–Crippen LogP) is -0.903. The van der Waals surface area contributed by atoms with E-state index in [4.69, 9.17) is 5.73 Å². The molecule has 1 heterocycles. The molecule has 0 aliphatic carbocycles. The molecule has 0 spiro atoms. The van der Waals surface area contributed by atoms with Crippen LogP contribution in [0, 0.1) is 10.1 Å². The highest BCUT2D eigenvalue weighted by Gasteiger charge is 2.24. The zero-order valence-electron chi connectivity index (χ0n) is 12.3. The van der Waals surface area contributed by atoms with Crippen LogP contribution in [0.4, 0.5) is 11.4 Å². The molecule has 22 heavy (non-hydrogen) atoms. The monoisotopic (exact) mass is 323 g/mol. The van der Waals surface area contributed by atoms with Crippen molar-refractivity contribution in [2.24, 2.45) is 10.8 Å². The number of quaternary nitrogens is 1. The first-order valence-corrected chi connectivity index (χ1v) is 7.31. The lowest BCUT2D eigenvalue weighted by molar-refractivity contribution is -0.880. The predicted molar refractivity (Wildman–Crippen MR) is 89.4 cm³/mol. The molecule has 0 amide bonds. The van der Waals surface area contributed by atoms with Crippen LogP contribution >= 0.6 is 12.2 Å². The molecule has 8 nitrogen and oxygen atoms in total. The van der Waals surface area contributed by atoms with Gasteiger partial charge in [0.1, 0.15) is 5.69 Å². The Morgan fingerprint density at radius 2 is 2.23 bits per heavy atom. The summed E-state index contributed by atoms with van der Waals surface area (Å²) >= 11 is 4.63. The minimum Gasteiger partial charge on any atom is -0.375 e. The third-order valence-electron chi connectivity index (χ3n) is 3.54. The maximum atomic E-state index is 11.3. The van der Waals surface area contributed by atoms with Crippen LogP contribution in [0.3, 0.4) is 0 Å². The van der Waals surface area contributed by atoms with Crippen molar-refractivity contribution < 1.29 is 9.82 Å². The molecule has 9 heteroatoms. The number of nitro groups is 1. The highest BCUT2D eigenvalue weighted by molar-refractivity contribution is 7.80. The Hall–Kier alpha value is -2.26. The molecule has 1 aliphatic rings. The number of hydrazone groups is 1. The van der Waals surface area contributed by atoms with Gasteiger partial charge in [-0.25, -0.2) is 0 Å². The minimum absolute atomic E-state index is 0.0438. The highest BCUT2D eigenvalue weighted by atomic mass is 32.1. The fraction of sp³-hybridized carbons (Fsp3) is 0.385. The number of nitro benzene ring substituents is 1. The van der Waals surface area contributed by atoms with E-state index < -0.39 is 0 Å². The number of hydrogen-bond donors (Lipinski definition) is 3. The first-order valence-electron chi connectivity index (χ1n) is 6.90. The number of thiocarbonyl (C=S) groups is 1. The molecule has 0 radical (unpaired) electrons. The standard InChI is InChI=1S/C13H18N6O2S/c1-17-4-6-18(7-5-17)11-3-2-10(8-12(11)19(20)21)9-15-16-13(14)22/h2-3,8-9H,4-7H2,1H3,(H3,14,16,22)/p+1/b15-9-. The topological polar surface area (TPSA) is 101 Å². The number of benzene rings is 1. The molecule has 4 N–H and O–H groups in total. The Balaban J connectivity index is 2.22. The number of anilines is 1. The van der Waals surface area contributed by atoms with E-state index in [0.717, 1.165) is 26.2 Å². The van der Waals surface area contributed by atoms with Gasteiger partial charge in [-0.2, -0.15) is 5.10 Å². The molecule has 2 rings (SSSR count). The lowest BCUT2D eigenvalue weighted by Gasteiger charge is -2.31. The molecule has 1 fully saturated rings. The molecule has 0 aromatic heterocycles. The summed E-state index contributed by atoms with van der Waals surface area (Å²) in [4.78, 5) is 14.5. The van der Waals surface area contributed by atoms with Gasteiger partial charge in [0.25, 0.3) is 5.69 Å². The summed E-state index contributed by atoms with van der Waals surface area (Å²) in [6.45, 7) is 3.56. The molecule has 0 atom stereocenters. The van der Waals surface area contributed by atoms with Crippen molar-refractivity contribution in [3.63, 3.8) is 0 Å². The van der Waals surface area contributed by atoms with Crippen molar-refractivity contribution in [2.45, 2.75) is 0 Å². The molecule has 1 saturated heterocycles. The van der Waals surface area contributed by atoms with Gasteiger partial charge in [-0.1, -0.05) is 6.07 Å². The van der Waals surface area contributed by atoms with Gasteiger partial charge in [-0.05, 0) is 18.3 Å². The van der Waals surface area contributed by atoms with Crippen molar-refractivity contribution in [3.8, 4) is 0 Å². The summed E-state index contributed by atoms with van der Waals surface area (Å²) in [5.74, 6) is 0. The van der Waals surface area contributed by atoms with Gasteiger partial charge in [0.2, 0.25) is 0 Å². The largest absolute Gasteiger partial charge is 0.375 e. The Morgan fingerprint density at radius 1 is 1.55 bits per heavy atom. The van der Waals surface area contributed by atoms with Crippen molar-refractivity contribution in [3.05, 3.63) is 33.9 Å². The highest BCUT2D eigenvalue weighted by Crippen LogP contribution is 2.28. The van der Waals surface area contributed by atoms with Crippen LogP contribution in [-0.2, 0) is 0 Å². The van der Waals surface area contributed by atoms with Crippen LogP contribution in [0.25, 0.3) is 0 Å². The average Bonchev–Trinajstić information content (AvgIpc) is 2.47. The fourth-order valence-electron chi connectivity index (χ4n) is 2.33. The maximum Gasteiger partial charge on any atom is 0.293 e. The van der Waals surface area contributed by atoms with E-state index in [1.54, 1.807) is 12.1 Å². The van der Waals surface area contributed by atoms with Crippen LogP contribution in [0.2, 0.25) is 0 Å². The van der Waals surface area contributed by atoms with Crippen LogP contribution in [-0.4, -0.2) is 49.5 Å². The lowest BCUT2D eigenvalue weighted by atomic mass is 10.1. The van der Waals surface area contributed by atoms with Crippen LogP contribution < -0.4 is 21.0 Å². The lowest BCUT2D eigenvalue weighted by Crippen LogP contribution is -3.12. The van der Waals surface area contributed by atoms with E-state index in [1.165, 1.54) is 17.2 Å². The van der Waals surface area contributed by atoms with Crippen molar-refractivity contribution in [1.29, 1.82) is 0 Å². The molecule has 1 aromatic carbocycles. The maximum absolute atomic E-state index is 11.3. The summed E-state index contributed by atoms with van der Waals surface area (Å²) < 4.78 is 0. The second kappa shape index (κ2) is 7.14. The molecule has 0 saturated carbocycles.